The van der Waals surface area contributed by atoms with E-state index in [2.05, 4.69) is 9.88 Å². The van der Waals surface area contributed by atoms with Gasteiger partial charge in [-0.1, -0.05) is 23.5 Å². The minimum absolute atomic E-state index is 0.238. The van der Waals surface area contributed by atoms with Crippen LogP contribution in [0.1, 0.15) is 36.8 Å². The molecule has 0 unspecified atom stereocenters. The van der Waals surface area contributed by atoms with Crippen molar-refractivity contribution in [3.63, 3.8) is 0 Å². The molecule has 8 heteroatoms. The predicted molar refractivity (Wildman–Crippen MR) is 115 cm³/mol. The van der Waals surface area contributed by atoms with Gasteiger partial charge in [-0.05, 0) is 56.7 Å². The number of aryl methyl sites for hydroxylation is 2. The van der Waals surface area contributed by atoms with Gasteiger partial charge in [0.1, 0.15) is 6.10 Å². The van der Waals surface area contributed by atoms with E-state index >= 15 is 0 Å². The van der Waals surface area contributed by atoms with Gasteiger partial charge >= 0.3 is 0 Å². The SMILES string of the molecule is Cc1ccc(C)c(S(=O)(=O)N2CCC(N3CCC(Oc4nccs4)CC3)CC2)c1. The van der Waals surface area contributed by atoms with Crippen molar-refractivity contribution >= 4 is 21.4 Å². The maximum absolute atomic E-state index is 13.1. The van der Waals surface area contributed by atoms with E-state index in [0.29, 0.717) is 24.0 Å². The monoisotopic (exact) mass is 435 g/mol. The normalized spacial score (nSPS) is 20.8. The number of sulfonamides is 1. The topological polar surface area (TPSA) is 62.7 Å². The summed E-state index contributed by atoms with van der Waals surface area (Å²) in [5.74, 6) is 0. The van der Waals surface area contributed by atoms with Crippen molar-refractivity contribution in [1.29, 1.82) is 0 Å². The predicted octanol–water partition coefficient (Wildman–Crippen LogP) is 3.46. The van der Waals surface area contributed by atoms with Crippen molar-refractivity contribution < 1.29 is 13.2 Å². The Balaban J connectivity index is 1.31. The minimum atomic E-state index is -3.42. The molecule has 1 aromatic heterocycles. The number of likely N-dealkylation sites (tertiary alicyclic amines) is 1. The molecule has 4 rings (SSSR count). The molecule has 0 spiro atoms. The van der Waals surface area contributed by atoms with Crippen molar-refractivity contribution in [2.45, 2.75) is 56.6 Å². The molecule has 3 heterocycles. The van der Waals surface area contributed by atoms with E-state index in [-0.39, 0.29) is 6.10 Å². The standard InChI is InChI=1S/C21H29N3O3S2/c1-16-3-4-17(2)20(15-16)29(25,26)24-12-5-18(6-13-24)23-10-7-19(8-11-23)27-21-22-9-14-28-21/h3-4,9,14-15,18-19H,5-8,10-13H2,1-2H3. The van der Waals surface area contributed by atoms with Crippen LogP contribution in [0.3, 0.4) is 0 Å². The van der Waals surface area contributed by atoms with Gasteiger partial charge in [-0.3, -0.25) is 0 Å². The van der Waals surface area contributed by atoms with E-state index in [1.54, 1.807) is 16.6 Å². The Kier molecular flexibility index (Phi) is 6.24. The third kappa shape index (κ3) is 4.66. The molecule has 2 aliphatic heterocycles. The molecule has 1 aromatic carbocycles. The van der Waals surface area contributed by atoms with E-state index in [9.17, 15) is 8.42 Å². The summed E-state index contributed by atoms with van der Waals surface area (Å²) in [7, 11) is -3.42. The Morgan fingerprint density at radius 3 is 2.45 bits per heavy atom. The molecule has 6 nitrogen and oxygen atoms in total. The van der Waals surface area contributed by atoms with E-state index in [1.807, 2.05) is 31.4 Å². The number of nitrogens with zero attached hydrogens (tertiary/aromatic N) is 3. The average molecular weight is 436 g/mol. The first-order chi connectivity index (χ1) is 13.9. The molecule has 0 N–H and O–H groups in total. The molecule has 0 radical (unpaired) electrons. The Labute approximate surface area is 177 Å². The summed E-state index contributed by atoms with van der Waals surface area (Å²) >= 11 is 1.54. The molecule has 2 aromatic rings. The Morgan fingerprint density at radius 1 is 1.07 bits per heavy atom. The third-order valence-corrected chi connectivity index (χ3v) is 8.76. The molecule has 0 atom stereocenters. The van der Waals surface area contributed by atoms with Crippen molar-refractivity contribution in [1.82, 2.24) is 14.2 Å². The summed E-state index contributed by atoms with van der Waals surface area (Å²) in [5.41, 5.74) is 1.80. The first-order valence-electron chi connectivity index (χ1n) is 10.3. The lowest BCUT2D eigenvalue weighted by molar-refractivity contribution is 0.0584. The zero-order chi connectivity index (χ0) is 20.4. The molecule has 0 bridgehead atoms. The second-order valence-electron chi connectivity index (χ2n) is 8.06. The summed E-state index contributed by atoms with van der Waals surface area (Å²) in [6.45, 7) is 7.00. The smallest absolute Gasteiger partial charge is 0.273 e. The molecule has 29 heavy (non-hydrogen) atoms. The number of thiazole rings is 1. The Hall–Kier alpha value is -1.48. The van der Waals surface area contributed by atoms with Crippen LogP contribution in [0.2, 0.25) is 0 Å². The number of aromatic nitrogens is 1. The van der Waals surface area contributed by atoms with Gasteiger partial charge in [0.15, 0.2) is 0 Å². The summed E-state index contributed by atoms with van der Waals surface area (Å²) in [5, 5.41) is 2.69. The zero-order valence-electron chi connectivity index (χ0n) is 17.1. The second-order valence-corrected chi connectivity index (χ2v) is 10.8. The van der Waals surface area contributed by atoms with Gasteiger partial charge in [0.05, 0.1) is 4.90 Å². The van der Waals surface area contributed by atoms with Gasteiger partial charge < -0.3 is 9.64 Å². The molecule has 2 aliphatic rings. The largest absolute Gasteiger partial charge is 0.467 e. The first kappa shape index (κ1) is 20.8. The zero-order valence-corrected chi connectivity index (χ0v) is 18.7. The quantitative estimate of drug-likeness (QED) is 0.720. The molecule has 2 saturated heterocycles. The highest BCUT2D eigenvalue weighted by Gasteiger charge is 2.34. The highest BCUT2D eigenvalue weighted by Crippen LogP contribution is 2.28. The van der Waals surface area contributed by atoms with Gasteiger partial charge in [-0.25, -0.2) is 13.4 Å². The van der Waals surface area contributed by atoms with Gasteiger partial charge in [-0.15, -0.1) is 0 Å². The van der Waals surface area contributed by atoms with Crippen molar-refractivity contribution in [2.75, 3.05) is 26.2 Å². The number of benzene rings is 1. The van der Waals surface area contributed by atoms with Crippen LogP contribution in [0.4, 0.5) is 0 Å². The van der Waals surface area contributed by atoms with Crippen LogP contribution in [-0.4, -0.2) is 60.9 Å². The molecule has 0 saturated carbocycles. The van der Waals surface area contributed by atoms with Crippen LogP contribution in [0.15, 0.2) is 34.7 Å². The van der Waals surface area contributed by atoms with Crippen molar-refractivity contribution in [3.8, 4) is 5.19 Å². The maximum atomic E-state index is 13.1. The maximum Gasteiger partial charge on any atom is 0.273 e. The minimum Gasteiger partial charge on any atom is -0.467 e. The van der Waals surface area contributed by atoms with E-state index < -0.39 is 10.0 Å². The number of hydrogen-bond donors (Lipinski definition) is 0. The van der Waals surface area contributed by atoms with Crippen LogP contribution in [0.25, 0.3) is 0 Å². The number of ether oxygens (including phenoxy) is 1. The highest BCUT2D eigenvalue weighted by molar-refractivity contribution is 7.89. The number of hydrogen-bond acceptors (Lipinski definition) is 6. The third-order valence-electron chi connectivity index (χ3n) is 6.06. The fourth-order valence-corrected chi connectivity index (χ4v) is 6.67. The fourth-order valence-electron chi connectivity index (χ4n) is 4.34. The summed E-state index contributed by atoms with van der Waals surface area (Å²) in [6, 6.07) is 6.11. The van der Waals surface area contributed by atoms with E-state index in [4.69, 9.17) is 4.74 Å². The fraction of sp³-hybridized carbons (Fsp3) is 0.571. The van der Waals surface area contributed by atoms with Crippen molar-refractivity contribution in [2.24, 2.45) is 0 Å². The lowest BCUT2D eigenvalue weighted by Gasteiger charge is -2.41. The molecule has 0 aliphatic carbocycles. The lowest BCUT2D eigenvalue weighted by atomic mass is 10.00. The molecule has 0 amide bonds. The molecule has 2 fully saturated rings. The molecular formula is C21H29N3O3S2. The molecule has 158 valence electrons. The van der Waals surface area contributed by atoms with Gasteiger partial charge in [0.2, 0.25) is 10.0 Å². The first-order valence-corrected chi connectivity index (χ1v) is 12.6. The lowest BCUT2D eigenvalue weighted by Crippen LogP contribution is -2.50. The van der Waals surface area contributed by atoms with Crippen molar-refractivity contribution in [3.05, 3.63) is 40.9 Å². The summed E-state index contributed by atoms with van der Waals surface area (Å²) < 4.78 is 33.9. The summed E-state index contributed by atoms with van der Waals surface area (Å²) in [6.07, 6.45) is 5.79. The Morgan fingerprint density at radius 2 is 1.79 bits per heavy atom. The van der Waals surface area contributed by atoms with Gasteiger partial charge in [0.25, 0.3) is 5.19 Å². The van der Waals surface area contributed by atoms with Crippen LogP contribution < -0.4 is 4.74 Å². The summed E-state index contributed by atoms with van der Waals surface area (Å²) in [4.78, 5) is 7.18. The van der Waals surface area contributed by atoms with E-state index in [0.717, 1.165) is 55.1 Å². The number of piperidine rings is 2. The highest BCUT2D eigenvalue weighted by atomic mass is 32.2. The Bertz CT molecular complexity index is 915. The second kappa shape index (κ2) is 8.71. The molecular weight excluding hydrogens is 406 g/mol. The average Bonchev–Trinajstić information content (AvgIpc) is 3.23. The van der Waals surface area contributed by atoms with E-state index in [1.165, 1.54) is 11.3 Å². The van der Waals surface area contributed by atoms with Crippen LogP contribution in [-0.2, 0) is 10.0 Å². The van der Waals surface area contributed by atoms with Crippen LogP contribution in [0, 0.1) is 13.8 Å². The number of rotatable bonds is 5. The van der Waals surface area contributed by atoms with Gasteiger partial charge in [-0.2, -0.15) is 4.31 Å². The van der Waals surface area contributed by atoms with Crippen LogP contribution >= 0.6 is 11.3 Å². The van der Waals surface area contributed by atoms with Gasteiger partial charge in [0, 0.05) is 43.8 Å². The van der Waals surface area contributed by atoms with Crippen LogP contribution in [0.5, 0.6) is 5.19 Å².